The predicted molar refractivity (Wildman–Crippen MR) is 114 cm³/mol. The van der Waals surface area contributed by atoms with Crippen LogP contribution in [0.15, 0.2) is 72.3 Å². The normalized spacial score (nSPS) is 12.0. The standard InChI is InChI=1S/C13H9.C9H13.C2H6Si.2ClH.Hf/c1-3-7-12-10(5-1)9-11-6-2-4-8-13(11)12;1-9(2,3)8-6-4-5-7-8;1-3-2;;;/h1-9H;6-7H,4H2,1-3H3;1-2H3;2*1H;/q2*-1;;;;+2/p-2. The van der Waals surface area contributed by atoms with Crippen LogP contribution in [0.5, 0.6) is 0 Å². The van der Waals surface area contributed by atoms with Crippen LogP contribution in [0.3, 0.4) is 0 Å². The molecular formula is C24H28Cl2HfSi-2. The minimum atomic E-state index is 0. The SMILES string of the molecule is CC(C)(C)C1=CC[C-]=C1.C[Si](C)=[Hf+2].[Cl-].[Cl-].c1ccc2c(c1)[cH-]c1ccccc12. The number of halogens is 2. The van der Waals surface area contributed by atoms with E-state index >= 15 is 0 Å². The van der Waals surface area contributed by atoms with E-state index in [0.717, 1.165) is 6.42 Å². The summed E-state index contributed by atoms with van der Waals surface area (Å²) in [6, 6.07) is 19.3. The summed E-state index contributed by atoms with van der Waals surface area (Å²) < 4.78 is 0. The maximum absolute atomic E-state index is 3.16. The van der Waals surface area contributed by atoms with Crippen LogP contribution in [-0.2, 0) is 23.0 Å². The molecule has 148 valence electrons. The number of fused-ring (bicyclic) bond motifs is 3. The van der Waals surface area contributed by atoms with E-state index in [9.17, 15) is 0 Å². The van der Waals surface area contributed by atoms with Crippen molar-refractivity contribution >= 4 is 27.0 Å². The third kappa shape index (κ3) is 8.45. The quantitative estimate of drug-likeness (QED) is 0.272. The summed E-state index contributed by atoms with van der Waals surface area (Å²) in [5.74, 6) is 0. The van der Waals surface area contributed by atoms with E-state index < -0.39 is 0 Å². The molecular weight excluding hydrogens is 566 g/mol. The smallest absolute Gasteiger partial charge is 0.0771 e. The van der Waals surface area contributed by atoms with Crippen molar-refractivity contribution in [3.05, 3.63) is 78.4 Å². The van der Waals surface area contributed by atoms with Crippen molar-refractivity contribution in [2.75, 3.05) is 0 Å². The summed E-state index contributed by atoms with van der Waals surface area (Å²) in [6.45, 7) is 11.3. The van der Waals surface area contributed by atoms with Gasteiger partial charge < -0.3 is 24.8 Å². The van der Waals surface area contributed by atoms with Crippen LogP contribution >= 0.6 is 0 Å². The van der Waals surface area contributed by atoms with Crippen LogP contribution in [0, 0.1) is 11.5 Å². The summed E-state index contributed by atoms with van der Waals surface area (Å²) >= 11 is 1.45. The molecule has 0 heterocycles. The molecule has 1 aliphatic carbocycles. The fourth-order valence-corrected chi connectivity index (χ4v) is 2.82. The molecule has 0 bridgehead atoms. The van der Waals surface area contributed by atoms with Gasteiger partial charge in [-0.05, 0) is 0 Å². The fraction of sp³-hybridized carbons (Fsp3) is 0.292. The van der Waals surface area contributed by atoms with Gasteiger partial charge in [-0.2, -0.15) is 11.6 Å². The Hall–Kier alpha value is -0.543. The van der Waals surface area contributed by atoms with Crippen molar-refractivity contribution in [2.45, 2.75) is 40.3 Å². The molecule has 0 atom stereocenters. The zero-order valence-electron chi connectivity index (χ0n) is 17.3. The monoisotopic (exact) mass is 594 g/mol. The molecule has 0 aromatic heterocycles. The number of allylic oxidation sites excluding steroid dienone is 4. The summed E-state index contributed by atoms with van der Waals surface area (Å²) in [4.78, 5) is 0. The van der Waals surface area contributed by atoms with Gasteiger partial charge in [0.05, 0.1) is 0 Å². The van der Waals surface area contributed by atoms with Crippen LogP contribution < -0.4 is 24.8 Å². The Morgan fingerprint density at radius 2 is 1.32 bits per heavy atom. The van der Waals surface area contributed by atoms with Crippen molar-refractivity contribution in [3.63, 3.8) is 0 Å². The summed E-state index contributed by atoms with van der Waals surface area (Å²) in [5.41, 5.74) is 2.00. The Labute approximate surface area is 197 Å². The van der Waals surface area contributed by atoms with E-state index in [-0.39, 0.29) is 30.3 Å². The van der Waals surface area contributed by atoms with Crippen molar-refractivity contribution in [1.29, 1.82) is 0 Å². The van der Waals surface area contributed by atoms with Gasteiger partial charge in [0.25, 0.3) is 0 Å². The first kappa shape index (κ1) is 27.5. The van der Waals surface area contributed by atoms with E-state index in [1.807, 2.05) is 0 Å². The van der Waals surface area contributed by atoms with Crippen LogP contribution in [0.25, 0.3) is 21.5 Å². The average molecular weight is 594 g/mol. The van der Waals surface area contributed by atoms with E-state index in [1.54, 1.807) is 0 Å². The molecule has 3 aromatic carbocycles. The Bertz CT molecular complexity index is 892. The van der Waals surface area contributed by atoms with Crippen LogP contribution in [0.4, 0.5) is 0 Å². The van der Waals surface area contributed by atoms with E-state index in [4.69, 9.17) is 0 Å². The second-order valence-corrected chi connectivity index (χ2v) is 20.6. The molecule has 1 aliphatic rings. The third-order valence-corrected chi connectivity index (χ3v) is 4.09. The number of hydrogen-bond donors (Lipinski definition) is 0. The molecule has 3 aromatic rings. The van der Waals surface area contributed by atoms with Crippen molar-refractivity contribution in [2.24, 2.45) is 5.41 Å². The average Bonchev–Trinajstić information content (AvgIpc) is 3.22. The van der Waals surface area contributed by atoms with Crippen LogP contribution in [0.1, 0.15) is 27.2 Å². The maximum Gasteiger partial charge on any atom is -0.0771 e. The Morgan fingerprint density at radius 1 is 0.893 bits per heavy atom. The second-order valence-electron chi connectivity index (χ2n) is 7.78. The van der Waals surface area contributed by atoms with Gasteiger partial charge in [0.15, 0.2) is 0 Å². The van der Waals surface area contributed by atoms with Gasteiger partial charge in [0, 0.05) is 0 Å². The zero-order chi connectivity index (χ0) is 19.2. The molecule has 0 spiro atoms. The number of benzene rings is 2. The molecule has 0 N–H and O–H groups in total. The molecule has 0 nitrogen and oxygen atoms in total. The van der Waals surface area contributed by atoms with Crippen molar-refractivity contribution in [3.8, 4) is 0 Å². The zero-order valence-corrected chi connectivity index (χ0v) is 23.4. The molecule has 0 fully saturated rings. The van der Waals surface area contributed by atoms with Gasteiger partial charge in [0.2, 0.25) is 0 Å². The Balaban J connectivity index is 0.000000432. The number of hydrogen-bond acceptors (Lipinski definition) is 0. The molecule has 4 heteroatoms. The summed E-state index contributed by atoms with van der Waals surface area (Å²) in [6.07, 6.45) is 8.50. The largest absolute Gasteiger partial charge is 1.00 e. The first-order valence-corrected chi connectivity index (χ1v) is 17.0. The van der Waals surface area contributed by atoms with Crippen molar-refractivity contribution in [1.82, 2.24) is 0 Å². The van der Waals surface area contributed by atoms with E-state index in [1.165, 1.54) is 50.1 Å². The molecule has 0 amide bonds. The maximum atomic E-state index is 3.16. The van der Waals surface area contributed by atoms with Gasteiger partial charge in [-0.25, -0.2) is 6.08 Å². The Morgan fingerprint density at radius 3 is 1.64 bits per heavy atom. The molecule has 0 aliphatic heterocycles. The molecule has 28 heavy (non-hydrogen) atoms. The second kappa shape index (κ2) is 12.9. The molecule has 0 radical (unpaired) electrons. The van der Waals surface area contributed by atoms with Gasteiger partial charge >= 0.3 is 41.6 Å². The summed E-state index contributed by atoms with van der Waals surface area (Å²) in [5, 5.41) is 5.39. The number of rotatable bonds is 0. The summed E-state index contributed by atoms with van der Waals surface area (Å²) in [7, 11) is 0. The van der Waals surface area contributed by atoms with Crippen LogP contribution in [-0.4, -0.2) is 5.49 Å². The van der Waals surface area contributed by atoms with Gasteiger partial charge in [0.1, 0.15) is 0 Å². The molecule has 0 saturated heterocycles. The Kier molecular flexibility index (Phi) is 12.6. The predicted octanol–water partition coefficient (Wildman–Crippen LogP) is 1.23. The van der Waals surface area contributed by atoms with E-state index in [0.29, 0.717) is 5.41 Å². The molecule has 0 saturated carbocycles. The minimum absolute atomic E-state index is 0. The van der Waals surface area contributed by atoms with E-state index in [2.05, 4.69) is 107 Å². The van der Waals surface area contributed by atoms with Gasteiger partial charge in [-0.1, -0.05) is 62.6 Å². The topological polar surface area (TPSA) is 0 Å². The third-order valence-electron chi connectivity index (χ3n) is 4.09. The van der Waals surface area contributed by atoms with Gasteiger partial charge in [-0.3, -0.25) is 6.08 Å². The minimum Gasteiger partial charge on any atom is -1.00 e. The van der Waals surface area contributed by atoms with Crippen LogP contribution in [0.2, 0.25) is 13.1 Å². The first-order chi connectivity index (χ1) is 12.3. The molecule has 0 unspecified atom stereocenters. The van der Waals surface area contributed by atoms with Crippen molar-refractivity contribution < 1.29 is 47.8 Å². The van der Waals surface area contributed by atoms with Gasteiger partial charge in [-0.15, -0.1) is 46.2 Å². The molecule has 4 rings (SSSR count). The first-order valence-electron chi connectivity index (χ1n) is 9.11. The fourth-order valence-electron chi connectivity index (χ4n) is 2.82.